The van der Waals surface area contributed by atoms with E-state index in [1.54, 1.807) is 4.90 Å². The van der Waals surface area contributed by atoms with Crippen LogP contribution >= 0.6 is 0 Å². The lowest BCUT2D eigenvalue weighted by Gasteiger charge is -2.23. The number of anilines is 1. The molecule has 1 unspecified atom stereocenters. The van der Waals surface area contributed by atoms with Crippen LogP contribution in [0.2, 0.25) is 0 Å². The van der Waals surface area contributed by atoms with Gasteiger partial charge in [-0.1, -0.05) is 12.1 Å². The van der Waals surface area contributed by atoms with Crippen LogP contribution in [0.25, 0.3) is 11.0 Å². The van der Waals surface area contributed by atoms with Crippen molar-refractivity contribution < 1.29 is 4.79 Å². The van der Waals surface area contributed by atoms with Crippen LogP contribution in [0.4, 0.5) is 5.95 Å². The Balaban J connectivity index is 1.43. The molecule has 0 bridgehead atoms. The molecule has 7 heteroatoms. The van der Waals surface area contributed by atoms with Crippen molar-refractivity contribution in [2.45, 2.75) is 25.4 Å². The fraction of sp³-hybridized carbons (Fsp3) is 0.389. The number of hydrogen-bond donors (Lipinski definition) is 1. The zero-order valence-electron chi connectivity index (χ0n) is 13.9. The van der Waals surface area contributed by atoms with Gasteiger partial charge in [0, 0.05) is 25.8 Å². The molecule has 0 radical (unpaired) electrons. The van der Waals surface area contributed by atoms with Gasteiger partial charge < -0.3 is 9.88 Å². The lowest BCUT2D eigenvalue weighted by molar-refractivity contribution is 0.0982. The van der Waals surface area contributed by atoms with Crippen LogP contribution in [-0.4, -0.2) is 44.9 Å². The molecule has 0 saturated carbocycles. The summed E-state index contributed by atoms with van der Waals surface area (Å²) in [5.74, 6) is 0.650. The molecule has 1 amide bonds. The summed E-state index contributed by atoms with van der Waals surface area (Å²) in [6.45, 7) is 3.39. The van der Waals surface area contributed by atoms with E-state index in [1.807, 2.05) is 41.2 Å². The molecular weight excluding hydrogens is 316 g/mol. The Morgan fingerprint density at radius 2 is 2.12 bits per heavy atom. The number of piperidine rings is 1. The average molecular weight is 336 g/mol. The van der Waals surface area contributed by atoms with Crippen molar-refractivity contribution in [1.29, 1.82) is 0 Å². The number of hydrogen-bond acceptors (Lipinski definition) is 4. The Bertz CT molecular complexity index is 936. The number of aromatic nitrogens is 4. The first-order valence-electron chi connectivity index (χ1n) is 8.84. The van der Waals surface area contributed by atoms with Crippen LogP contribution in [0.3, 0.4) is 0 Å². The molecule has 1 fully saturated rings. The maximum Gasteiger partial charge on any atom is 0.281 e. The standard InChI is InChI=1S/C18H20N6O/c25-17(15-7-9-24(21-15)13-4-3-8-19-12-13)23-11-10-22-16-6-2-1-5-14(16)20-18(22)23/h1-2,5-7,9,13,19H,3-4,8,10-12H2. The summed E-state index contributed by atoms with van der Waals surface area (Å²) in [5.41, 5.74) is 2.49. The molecule has 4 heterocycles. The molecule has 1 N–H and O–H groups in total. The molecule has 3 aromatic rings. The van der Waals surface area contributed by atoms with Gasteiger partial charge in [0.2, 0.25) is 5.95 Å². The van der Waals surface area contributed by atoms with Gasteiger partial charge in [0.25, 0.3) is 5.91 Å². The Morgan fingerprint density at radius 3 is 3.00 bits per heavy atom. The molecule has 7 nitrogen and oxygen atoms in total. The van der Waals surface area contributed by atoms with E-state index in [0.29, 0.717) is 18.3 Å². The maximum atomic E-state index is 13.0. The first-order valence-corrected chi connectivity index (χ1v) is 8.84. The zero-order valence-corrected chi connectivity index (χ0v) is 13.9. The number of carbonyl (C=O) groups excluding carboxylic acids is 1. The first-order chi connectivity index (χ1) is 12.3. The average Bonchev–Trinajstić information content (AvgIpc) is 3.37. The normalized spacial score (nSPS) is 20.2. The Kier molecular flexibility index (Phi) is 3.34. The molecule has 25 heavy (non-hydrogen) atoms. The number of carbonyl (C=O) groups is 1. The smallest absolute Gasteiger partial charge is 0.281 e. The van der Waals surface area contributed by atoms with Crippen LogP contribution in [0.5, 0.6) is 0 Å². The number of rotatable bonds is 2. The van der Waals surface area contributed by atoms with Gasteiger partial charge in [-0.05, 0) is 37.6 Å². The molecule has 0 spiro atoms. The molecule has 1 saturated heterocycles. The van der Waals surface area contributed by atoms with Gasteiger partial charge in [-0.2, -0.15) is 5.10 Å². The van der Waals surface area contributed by atoms with E-state index < -0.39 is 0 Å². The summed E-state index contributed by atoms with van der Waals surface area (Å²) in [6, 6.07) is 10.2. The lowest BCUT2D eigenvalue weighted by Crippen LogP contribution is -2.33. The van der Waals surface area contributed by atoms with Crippen LogP contribution in [-0.2, 0) is 6.54 Å². The highest BCUT2D eigenvalue weighted by Crippen LogP contribution is 2.28. The zero-order chi connectivity index (χ0) is 16.8. The lowest BCUT2D eigenvalue weighted by atomic mass is 10.1. The van der Waals surface area contributed by atoms with E-state index in [1.165, 1.54) is 0 Å². The number of nitrogens with one attached hydrogen (secondary N) is 1. The minimum atomic E-state index is -0.0726. The summed E-state index contributed by atoms with van der Waals surface area (Å²) >= 11 is 0. The SMILES string of the molecule is O=C(c1ccn(C2CCCNC2)n1)N1CCn2c1nc1ccccc12. The van der Waals surface area contributed by atoms with E-state index in [9.17, 15) is 4.79 Å². The van der Waals surface area contributed by atoms with Gasteiger partial charge in [0.05, 0.1) is 17.1 Å². The third-order valence-corrected chi connectivity index (χ3v) is 5.14. The quantitative estimate of drug-likeness (QED) is 0.775. The molecule has 5 rings (SSSR count). The van der Waals surface area contributed by atoms with Gasteiger partial charge in [-0.3, -0.25) is 14.4 Å². The molecule has 1 aromatic carbocycles. The van der Waals surface area contributed by atoms with Crippen molar-refractivity contribution in [2.24, 2.45) is 0 Å². The van der Waals surface area contributed by atoms with E-state index in [0.717, 1.165) is 49.5 Å². The predicted octanol–water partition coefficient (Wildman–Crippen LogP) is 1.82. The highest BCUT2D eigenvalue weighted by Gasteiger charge is 2.30. The minimum Gasteiger partial charge on any atom is -0.315 e. The third-order valence-electron chi connectivity index (χ3n) is 5.14. The second-order valence-electron chi connectivity index (χ2n) is 6.69. The fourth-order valence-corrected chi connectivity index (χ4v) is 3.83. The van der Waals surface area contributed by atoms with Crippen LogP contribution in [0, 0.1) is 0 Å². The van der Waals surface area contributed by atoms with Crippen LogP contribution < -0.4 is 10.2 Å². The first kappa shape index (κ1) is 14.7. The number of nitrogens with zero attached hydrogens (tertiary/aromatic N) is 5. The second kappa shape index (κ2) is 5.70. The second-order valence-corrected chi connectivity index (χ2v) is 6.69. The summed E-state index contributed by atoms with van der Waals surface area (Å²) in [5, 5.41) is 7.94. The summed E-state index contributed by atoms with van der Waals surface area (Å²) in [4.78, 5) is 19.3. The molecule has 2 aromatic heterocycles. The molecule has 1 atom stereocenters. The largest absolute Gasteiger partial charge is 0.315 e. The number of fused-ring (bicyclic) bond motifs is 3. The predicted molar refractivity (Wildman–Crippen MR) is 94.8 cm³/mol. The molecule has 2 aliphatic heterocycles. The maximum absolute atomic E-state index is 13.0. The highest BCUT2D eigenvalue weighted by atomic mass is 16.2. The number of imidazole rings is 1. The number of para-hydroxylation sites is 2. The fourth-order valence-electron chi connectivity index (χ4n) is 3.83. The summed E-state index contributed by atoms with van der Waals surface area (Å²) in [6.07, 6.45) is 4.16. The van der Waals surface area contributed by atoms with Gasteiger partial charge in [-0.15, -0.1) is 0 Å². The number of benzene rings is 1. The molecular formula is C18H20N6O. The topological polar surface area (TPSA) is 68.0 Å². The summed E-state index contributed by atoms with van der Waals surface area (Å²) < 4.78 is 4.04. The van der Waals surface area contributed by atoms with Crippen LogP contribution in [0.15, 0.2) is 36.5 Å². The van der Waals surface area contributed by atoms with E-state index >= 15 is 0 Å². The van der Waals surface area contributed by atoms with Crippen LogP contribution in [0.1, 0.15) is 29.4 Å². The Labute approximate surface area is 145 Å². The van der Waals surface area contributed by atoms with Gasteiger partial charge in [-0.25, -0.2) is 4.98 Å². The van der Waals surface area contributed by atoms with E-state index in [-0.39, 0.29) is 5.91 Å². The van der Waals surface area contributed by atoms with Crippen molar-refractivity contribution in [1.82, 2.24) is 24.6 Å². The Hall–Kier alpha value is -2.67. The van der Waals surface area contributed by atoms with E-state index in [4.69, 9.17) is 0 Å². The van der Waals surface area contributed by atoms with Gasteiger partial charge in [0.15, 0.2) is 5.69 Å². The molecule has 2 aliphatic rings. The Morgan fingerprint density at radius 1 is 1.20 bits per heavy atom. The van der Waals surface area contributed by atoms with Crippen molar-refractivity contribution in [2.75, 3.05) is 24.5 Å². The summed E-state index contributed by atoms with van der Waals surface area (Å²) in [7, 11) is 0. The molecule has 128 valence electrons. The molecule has 0 aliphatic carbocycles. The highest BCUT2D eigenvalue weighted by molar-refractivity contribution is 6.05. The van der Waals surface area contributed by atoms with Crippen molar-refractivity contribution in [3.05, 3.63) is 42.2 Å². The van der Waals surface area contributed by atoms with Gasteiger partial charge in [0.1, 0.15) is 0 Å². The van der Waals surface area contributed by atoms with Crippen molar-refractivity contribution >= 4 is 22.9 Å². The minimum absolute atomic E-state index is 0.0726. The van der Waals surface area contributed by atoms with Crippen molar-refractivity contribution in [3.63, 3.8) is 0 Å². The van der Waals surface area contributed by atoms with E-state index in [2.05, 4.69) is 20.0 Å². The van der Waals surface area contributed by atoms with Gasteiger partial charge >= 0.3 is 0 Å². The number of amides is 1. The van der Waals surface area contributed by atoms with Crippen molar-refractivity contribution in [3.8, 4) is 0 Å². The monoisotopic (exact) mass is 336 g/mol. The third kappa shape index (κ3) is 2.34.